The Morgan fingerprint density at radius 3 is 2.46 bits per heavy atom. The number of nitrogens with one attached hydrogen (secondary N) is 1. The van der Waals surface area contributed by atoms with E-state index in [1.807, 2.05) is 31.2 Å². The van der Waals surface area contributed by atoms with Crippen LogP contribution >= 0.6 is 11.8 Å². The van der Waals surface area contributed by atoms with E-state index in [2.05, 4.69) is 5.32 Å². The monoisotopic (exact) mass is 340 g/mol. The van der Waals surface area contributed by atoms with Gasteiger partial charge in [0.25, 0.3) is 11.1 Å². The Bertz CT molecular complexity index is 786. The van der Waals surface area contributed by atoms with Crippen LogP contribution in [0.5, 0.6) is 0 Å². The lowest BCUT2D eigenvalue weighted by molar-refractivity contribution is -0.125. The molecule has 0 atom stereocenters. The van der Waals surface area contributed by atoms with Crippen molar-refractivity contribution in [2.75, 3.05) is 11.1 Å². The third-order valence-corrected chi connectivity index (χ3v) is 4.65. The van der Waals surface area contributed by atoms with Crippen molar-refractivity contribution >= 4 is 34.5 Å². The first-order valence-electron chi connectivity index (χ1n) is 7.47. The molecule has 1 aliphatic rings. The molecule has 0 saturated carbocycles. The van der Waals surface area contributed by atoms with E-state index < -0.39 is 0 Å². The van der Waals surface area contributed by atoms with Crippen LogP contribution in [0.15, 0.2) is 48.5 Å². The summed E-state index contributed by atoms with van der Waals surface area (Å²) in [6.07, 6.45) is 0. The Labute approximate surface area is 144 Å². The average Bonchev–Trinajstić information content (AvgIpc) is 2.89. The first-order chi connectivity index (χ1) is 11.5. The van der Waals surface area contributed by atoms with Crippen LogP contribution in [0.25, 0.3) is 0 Å². The Hall–Kier alpha value is -2.60. The van der Waals surface area contributed by atoms with E-state index in [4.69, 9.17) is 0 Å². The number of rotatable bonds is 4. The highest BCUT2D eigenvalue weighted by Gasteiger charge is 2.29. The summed E-state index contributed by atoms with van der Waals surface area (Å²) in [5.41, 5.74) is 3.10. The van der Waals surface area contributed by atoms with Gasteiger partial charge in [-0.2, -0.15) is 0 Å². The van der Waals surface area contributed by atoms with Crippen molar-refractivity contribution in [2.24, 2.45) is 0 Å². The number of aryl methyl sites for hydroxylation is 1. The lowest BCUT2D eigenvalue weighted by atomic mass is 10.1. The van der Waals surface area contributed by atoms with Gasteiger partial charge in [0.15, 0.2) is 0 Å². The maximum absolute atomic E-state index is 12.3. The van der Waals surface area contributed by atoms with Crippen molar-refractivity contribution in [3.8, 4) is 0 Å². The summed E-state index contributed by atoms with van der Waals surface area (Å²) in [7, 11) is 0. The smallest absolute Gasteiger partial charge is 0.289 e. The number of amides is 3. The summed E-state index contributed by atoms with van der Waals surface area (Å²) >= 11 is 1.02. The molecular formula is C18H16N2O3S. The number of thioether (sulfide) groups is 1. The van der Waals surface area contributed by atoms with Gasteiger partial charge in [0, 0.05) is 11.3 Å². The van der Waals surface area contributed by atoms with Gasteiger partial charge in [-0.1, -0.05) is 42.1 Å². The number of nitrogens with zero attached hydrogens (tertiary/aromatic N) is 1. The number of benzene rings is 2. The third-order valence-electron chi connectivity index (χ3n) is 3.79. The molecule has 0 aliphatic carbocycles. The van der Waals surface area contributed by atoms with Crippen LogP contribution in [-0.4, -0.2) is 27.7 Å². The standard InChI is InChI=1S/C18H16N2O3S/c1-12-4-2-3-5-15(12)19-17(22)14-8-6-13(7-9-14)10-20-16(21)11-24-18(20)23/h2-9H,10-11H2,1H3,(H,19,22). The first-order valence-corrected chi connectivity index (χ1v) is 8.46. The molecular weight excluding hydrogens is 324 g/mol. The van der Waals surface area contributed by atoms with Gasteiger partial charge in [0.2, 0.25) is 5.91 Å². The van der Waals surface area contributed by atoms with Crippen molar-refractivity contribution in [3.05, 3.63) is 65.2 Å². The fourth-order valence-corrected chi connectivity index (χ4v) is 3.11. The second-order valence-electron chi connectivity index (χ2n) is 5.50. The molecule has 3 amide bonds. The van der Waals surface area contributed by atoms with Crippen LogP contribution in [0.4, 0.5) is 10.5 Å². The molecule has 1 fully saturated rings. The summed E-state index contributed by atoms with van der Waals surface area (Å²) < 4.78 is 0. The van der Waals surface area contributed by atoms with Gasteiger partial charge in [0.05, 0.1) is 12.3 Å². The second kappa shape index (κ2) is 6.88. The highest BCUT2D eigenvalue weighted by Crippen LogP contribution is 2.21. The van der Waals surface area contributed by atoms with Crippen LogP contribution < -0.4 is 5.32 Å². The highest BCUT2D eigenvalue weighted by molar-refractivity contribution is 8.14. The molecule has 1 N–H and O–H groups in total. The highest BCUT2D eigenvalue weighted by atomic mass is 32.2. The fourth-order valence-electron chi connectivity index (χ4n) is 2.39. The molecule has 2 aromatic carbocycles. The van der Waals surface area contributed by atoms with Crippen LogP contribution in [0.1, 0.15) is 21.5 Å². The van der Waals surface area contributed by atoms with Gasteiger partial charge in [-0.3, -0.25) is 19.3 Å². The van der Waals surface area contributed by atoms with Crippen LogP contribution in [0.3, 0.4) is 0 Å². The maximum Gasteiger partial charge on any atom is 0.289 e. The molecule has 1 aliphatic heterocycles. The Balaban J connectivity index is 1.68. The van der Waals surface area contributed by atoms with E-state index in [0.717, 1.165) is 28.6 Å². The number of carbonyl (C=O) groups is 3. The second-order valence-corrected chi connectivity index (χ2v) is 6.43. The fraction of sp³-hybridized carbons (Fsp3) is 0.167. The summed E-state index contributed by atoms with van der Waals surface area (Å²) in [5, 5.41) is 2.65. The molecule has 2 aromatic rings. The van der Waals surface area contributed by atoms with Crippen molar-refractivity contribution < 1.29 is 14.4 Å². The number of imide groups is 1. The van der Waals surface area contributed by atoms with E-state index >= 15 is 0 Å². The minimum atomic E-state index is -0.221. The molecule has 0 spiro atoms. The Kier molecular flexibility index (Phi) is 4.66. The van der Waals surface area contributed by atoms with Crippen molar-refractivity contribution in [3.63, 3.8) is 0 Å². The third kappa shape index (κ3) is 3.49. The molecule has 0 aromatic heterocycles. The number of carbonyl (C=O) groups excluding carboxylic acids is 3. The van der Waals surface area contributed by atoms with E-state index in [1.54, 1.807) is 24.3 Å². The maximum atomic E-state index is 12.3. The average molecular weight is 340 g/mol. The number of para-hydroxylation sites is 1. The zero-order valence-electron chi connectivity index (χ0n) is 13.1. The summed E-state index contributed by atoms with van der Waals surface area (Å²) in [5.74, 6) is -0.165. The minimum Gasteiger partial charge on any atom is -0.322 e. The van der Waals surface area contributed by atoms with Gasteiger partial charge in [-0.05, 0) is 36.2 Å². The van der Waals surface area contributed by atoms with Crippen molar-refractivity contribution in [1.29, 1.82) is 0 Å². The van der Waals surface area contributed by atoms with E-state index in [0.29, 0.717) is 5.56 Å². The predicted octanol–water partition coefficient (Wildman–Crippen LogP) is 3.44. The molecule has 6 heteroatoms. The van der Waals surface area contributed by atoms with Crippen molar-refractivity contribution in [2.45, 2.75) is 13.5 Å². The summed E-state index contributed by atoms with van der Waals surface area (Å²) in [6.45, 7) is 2.17. The SMILES string of the molecule is Cc1ccccc1NC(=O)c1ccc(CN2C(=O)CSC2=O)cc1. The van der Waals surface area contributed by atoms with E-state index in [-0.39, 0.29) is 29.4 Å². The van der Waals surface area contributed by atoms with E-state index in [9.17, 15) is 14.4 Å². The zero-order valence-corrected chi connectivity index (χ0v) is 13.9. The number of hydrogen-bond donors (Lipinski definition) is 1. The molecule has 1 heterocycles. The molecule has 1 saturated heterocycles. The normalized spacial score (nSPS) is 14.1. The molecule has 24 heavy (non-hydrogen) atoms. The molecule has 0 radical (unpaired) electrons. The molecule has 0 unspecified atom stereocenters. The molecule has 122 valence electrons. The van der Waals surface area contributed by atoms with Gasteiger partial charge < -0.3 is 5.32 Å². The van der Waals surface area contributed by atoms with Crippen LogP contribution in [0.2, 0.25) is 0 Å². The molecule has 5 nitrogen and oxygen atoms in total. The topological polar surface area (TPSA) is 66.5 Å². The van der Waals surface area contributed by atoms with Crippen LogP contribution in [0, 0.1) is 6.92 Å². The predicted molar refractivity (Wildman–Crippen MR) is 94.0 cm³/mol. The largest absolute Gasteiger partial charge is 0.322 e. The summed E-state index contributed by atoms with van der Waals surface area (Å²) in [6, 6.07) is 14.5. The molecule has 0 bridgehead atoms. The number of anilines is 1. The van der Waals surface area contributed by atoms with Gasteiger partial charge in [-0.15, -0.1) is 0 Å². The zero-order chi connectivity index (χ0) is 17.1. The Morgan fingerprint density at radius 2 is 1.83 bits per heavy atom. The first kappa shape index (κ1) is 16.3. The molecule has 3 rings (SSSR count). The van der Waals surface area contributed by atoms with Gasteiger partial charge >= 0.3 is 0 Å². The van der Waals surface area contributed by atoms with Crippen LogP contribution in [-0.2, 0) is 11.3 Å². The van der Waals surface area contributed by atoms with Crippen molar-refractivity contribution in [1.82, 2.24) is 4.90 Å². The van der Waals surface area contributed by atoms with Gasteiger partial charge in [-0.25, -0.2) is 0 Å². The Morgan fingerprint density at radius 1 is 1.12 bits per heavy atom. The van der Waals surface area contributed by atoms with Gasteiger partial charge in [0.1, 0.15) is 0 Å². The lowest BCUT2D eigenvalue weighted by Gasteiger charge is -2.13. The quantitative estimate of drug-likeness (QED) is 0.926. The summed E-state index contributed by atoms with van der Waals surface area (Å²) in [4.78, 5) is 36.7. The van der Waals surface area contributed by atoms with E-state index in [1.165, 1.54) is 4.90 Å². The lowest BCUT2D eigenvalue weighted by Crippen LogP contribution is -2.27. The number of hydrogen-bond acceptors (Lipinski definition) is 4. The minimum absolute atomic E-state index is 0.175.